The Morgan fingerprint density at radius 2 is 1.70 bits per heavy atom. The molecule has 7 heteroatoms. The van der Waals surface area contributed by atoms with Crippen LogP contribution in [0.15, 0.2) is 54.6 Å². The number of nitro groups is 1. The van der Waals surface area contributed by atoms with E-state index in [0.29, 0.717) is 0 Å². The van der Waals surface area contributed by atoms with Crippen molar-refractivity contribution in [3.8, 4) is 0 Å². The Balaban J connectivity index is 1.55. The third kappa shape index (κ3) is 5.36. The van der Waals surface area contributed by atoms with E-state index >= 15 is 0 Å². The van der Waals surface area contributed by atoms with Gasteiger partial charge in [0.25, 0.3) is 5.69 Å². The molecular weight excluding hydrogens is 380 g/mol. The van der Waals surface area contributed by atoms with Crippen LogP contribution in [-0.4, -0.2) is 48.0 Å². The summed E-state index contributed by atoms with van der Waals surface area (Å²) < 4.78 is 0. The van der Waals surface area contributed by atoms with E-state index < -0.39 is 0 Å². The SMILES string of the molecule is CCC[C@H](NC(=O)[C@H](C)N1CCN(c2ccc([N+](=O)[O-])cc2)CC1)c1ccccc1. The molecule has 0 unspecified atom stereocenters. The van der Waals surface area contributed by atoms with Crippen molar-refractivity contribution in [2.24, 2.45) is 0 Å². The molecule has 1 N–H and O–H groups in total. The second-order valence-corrected chi connectivity index (χ2v) is 7.73. The van der Waals surface area contributed by atoms with E-state index in [9.17, 15) is 14.9 Å². The van der Waals surface area contributed by atoms with Crippen molar-refractivity contribution in [3.63, 3.8) is 0 Å². The van der Waals surface area contributed by atoms with Gasteiger partial charge < -0.3 is 10.2 Å². The first-order valence-electron chi connectivity index (χ1n) is 10.6. The van der Waals surface area contributed by atoms with Gasteiger partial charge >= 0.3 is 0 Å². The van der Waals surface area contributed by atoms with Crippen LogP contribution in [-0.2, 0) is 4.79 Å². The Morgan fingerprint density at radius 3 is 2.27 bits per heavy atom. The maximum atomic E-state index is 12.9. The third-order valence-corrected chi connectivity index (χ3v) is 5.76. The van der Waals surface area contributed by atoms with Gasteiger partial charge in [0.2, 0.25) is 5.91 Å². The molecule has 0 saturated carbocycles. The minimum absolute atomic E-state index is 0.0348. The van der Waals surface area contributed by atoms with E-state index in [4.69, 9.17) is 0 Å². The molecule has 0 spiro atoms. The second-order valence-electron chi connectivity index (χ2n) is 7.73. The fourth-order valence-electron chi connectivity index (χ4n) is 3.91. The number of amides is 1. The van der Waals surface area contributed by atoms with Crippen molar-refractivity contribution >= 4 is 17.3 Å². The zero-order valence-electron chi connectivity index (χ0n) is 17.7. The number of carbonyl (C=O) groups excluding carboxylic acids is 1. The normalized spacial score (nSPS) is 16.7. The molecule has 0 aliphatic carbocycles. The monoisotopic (exact) mass is 410 g/mol. The number of nitro benzene ring substituents is 1. The molecule has 2 aromatic carbocycles. The lowest BCUT2D eigenvalue weighted by Crippen LogP contribution is -2.54. The number of non-ortho nitro benzene ring substituents is 1. The summed E-state index contributed by atoms with van der Waals surface area (Å²) in [7, 11) is 0. The molecule has 2 aromatic rings. The Labute approximate surface area is 177 Å². The van der Waals surface area contributed by atoms with E-state index in [-0.39, 0.29) is 28.6 Å². The van der Waals surface area contributed by atoms with E-state index in [1.54, 1.807) is 12.1 Å². The van der Waals surface area contributed by atoms with Crippen molar-refractivity contribution in [1.82, 2.24) is 10.2 Å². The first kappa shape index (κ1) is 21.8. The zero-order valence-corrected chi connectivity index (χ0v) is 17.7. The van der Waals surface area contributed by atoms with E-state index in [0.717, 1.165) is 50.3 Å². The Hall–Kier alpha value is -2.93. The van der Waals surface area contributed by atoms with Gasteiger partial charge in [0.05, 0.1) is 17.0 Å². The van der Waals surface area contributed by atoms with Gasteiger partial charge in [0, 0.05) is 44.0 Å². The van der Waals surface area contributed by atoms with Crippen LogP contribution in [0.3, 0.4) is 0 Å². The minimum Gasteiger partial charge on any atom is -0.369 e. The molecular formula is C23H30N4O3. The minimum atomic E-state index is -0.386. The van der Waals surface area contributed by atoms with Crippen molar-refractivity contribution < 1.29 is 9.72 Å². The molecule has 30 heavy (non-hydrogen) atoms. The van der Waals surface area contributed by atoms with Gasteiger partial charge in [0.15, 0.2) is 0 Å². The molecule has 1 amide bonds. The summed E-state index contributed by atoms with van der Waals surface area (Å²) in [5.41, 5.74) is 2.22. The highest BCUT2D eigenvalue weighted by atomic mass is 16.6. The smallest absolute Gasteiger partial charge is 0.269 e. The van der Waals surface area contributed by atoms with Crippen LogP contribution in [0, 0.1) is 10.1 Å². The van der Waals surface area contributed by atoms with Crippen LogP contribution < -0.4 is 10.2 Å². The van der Waals surface area contributed by atoms with E-state index in [1.165, 1.54) is 12.1 Å². The first-order valence-corrected chi connectivity index (χ1v) is 10.6. The Morgan fingerprint density at radius 1 is 1.07 bits per heavy atom. The summed E-state index contributed by atoms with van der Waals surface area (Å²) >= 11 is 0. The van der Waals surface area contributed by atoms with E-state index in [1.807, 2.05) is 25.1 Å². The van der Waals surface area contributed by atoms with Crippen molar-refractivity contribution in [1.29, 1.82) is 0 Å². The van der Waals surface area contributed by atoms with Gasteiger partial charge in [-0.1, -0.05) is 43.7 Å². The number of piperazine rings is 1. The van der Waals surface area contributed by atoms with E-state index in [2.05, 4.69) is 34.2 Å². The summed E-state index contributed by atoms with van der Waals surface area (Å²) in [6.45, 7) is 7.21. The topological polar surface area (TPSA) is 78.7 Å². The standard InChI is InChI=1S/C23H30N4O3/c1-3-7-22(19-8-5-4-6-9-19)24-23(28)18(2)25-14-16-26(17-15-25)20-10-12-21(13-11-20)27(29)30/h4-6,8-13,18,22H,3,7,14-17H2,1-2H3,(H,24,28)/t18-,22-/m0/s1. The number of carbonyl (C=O) groups is 1. The first-order chi connectivity index (χ1) is 14.5. The lowest BCUT2D eigenvalue weighted by molar-refractivity contribution is -0.384. The molecule has 1 aliphatic heterocycles. The zero-order chi connectivity index (χ0) is 21.5. The highest BCUT2D eigenvalue weighted by Crippen LogP contribution is 2.22. The summed E-state index contributed by atoms with van der Waals surface area (Å²) in [6.07, 6.45) is 1.92. The fourth-order valence-corrected chi connectivity index (χ4v) is 3.91. The molecule has 0 radical (unpaired) electrons. The molecule has 0 aromatic heterocycles. The summed E-state index contributed by atoms with van der Waals surface area (Å²) in [5, 5.41) is 14.1. The van der Waals surface area contributed by atoms with Gasteiger partial charge in [0.1, 0.15) is 0 Å². The number of benzene rings is 2. The molecule has 1 fully saturated rings. The lowest BCUT2D eigenvalue weighted by Gasteiger charge is -2.38. The number of rotatable bonds is 8. The highest BCUT2D eigenvalue weighted by molar-refractivity contribution is 5.81. The predicted molar refractivity (Wildman–Crippen MR) is 119 cm³/mol. The Kier molecular flexibility index (Phi) is 7.41. The number of anilines is 1. The molecule has 0 bridgehead atoms. The summed E-state index contributed by atoms with van der Waals surface area (Å²) in [6, 6.07) is 16.6. The largest absolute Gasteiger partial charge is 0.369 e. The number of hydrogen-bond acceptors (Lipinski definition) is 5. The summed E-state index contributed by atoms with van der Waals surface area (Å²) in [4.78, 5) is 27.8. The maximum Gasteiger partial charge on any atom is 0.269 e. The molecule has 160 valence electrons. The van der Waals surface area contributed by atoms with Crippen LogP contribution in [0.1, 0.15) is 38.3 Å². The van der Waals surface area contributed by atoms with Crippen molar-refractivity contribution in [3.05, 3.63) is 70.3 Å². The average molecular weight is 411 g/mol. The van der Waals surface area contributed by atoms with Gasteiger partial charge in [-0.25, -0.2) is 0 Å². The van der Waals surface area contributed by atoms with Gasteiger partial charge in [-0.2, -0.15) is 0 Å². The third-order valence-electron chi connectivity index (χ3n) is 5.76. The van der Waals surface area contributed by atoms with Crippen LogP contribution in [0.5, 0.6) is 0 Å². The summed E-state index contributed by atoms with van der Waals surface area (Å²) in [5.74, 6) is 0.0566. The lowest BCUT2D eigenvalue weighted by atomic mass is 10.0. The number of hydrogen-bond donors (Lipinski definition) is 1. The fraction of sp³-hybridized carbons (Fsp3) is 0.435. The highest BCUT2D eigenvalue weighted by Gasteiger charge is 2.27. The average Bonchev–Trinajstić information content (AvgIpc) is 2.79. The predicted octanol–water partition coefficient (Wildman–Crippen LogP) is 3.76. The van der Waals surface area contributed by atoms with Crippen molar-refractivity contribution in [2.45, 2.75) is 38.8 Å². The molecule has 1 saturated heterocycles. The van der Waals surface area contributed by atoms with Gasteiger partial charge in [-0.05, 0) is 31.0 Å². The molecule has 7 nitrogen and oxygen atoms in total. The number of nitrogens with one attached hydrogen (secondary N) is 1. The molecule has 1 heterocycles. The second kappa shape index (κ2) is 10.2. The maximum absolute atomic E-state index is 12.9. The van der Waals surface area contributed by atoms with Crippen LogP contribution >= 0.6 is 0 Å². The van der Waals surface area contributed by atoms with Crippen LogP contribution in [0.2, 0.25) is 0 Å². The molecule has 1 aliphatic rings. The van der Waals surface area contributed by atoms with Gasteiger partial charge in [-0.3, -0.25) is 19.8 Å². The number of nitrogens with zero attached hydrogens (tertiary/aromatic N) is 3. The van der Waals surface area contributed by atoms with Crippen LogP contribution in [0.4, 0.5) is 11.4 Å². The molecule has 3 rings (SSSR count). The molecule has 2 atom stereocenters. The van der Waals surface area contributed by atoms with Crippen molar-refractivity contribution in [2.75, 3.05) is 31.1 Å². The van der Waals surface area contributed by atoms with Gasteiger partial charge in [-0.15, -0.1) is 0 Å². The Bertz CT molecular complexity index is 833. The quantitative estimate of drug-likeness (QED) is 0.529. The van der Waals surface area contributed by atoms with Crippen LogP contribution in [0.25, 0.3) is 0 Å².